The SMILES string of the molecule is O=C1CC(Oc2cc3ccccc3c3ccccc23)N1. The summed E-state index contributed by atoms with van der Waals surface area (Å²) in [5.41, 5.74) is 0. The summed E-state index contributed by atoms with van der Waals surface area (Å²) in [6.07, 6.45) is 0.230. The highest BCUT2D eigenvalue weighted by atomic mass is 16.5. The van der Waals surface area contributed by atoms with Crippen LogP contribution in [0.3, 0.4) is 0 Å². The summed E-state index contributed by atoms with van der Waals surface area (Å²) in [5.74, 6) is 0.865. The van der Waals surface area contributed by atoms with E-state index in [-0.39, 0.29) is 12.1 Å². The molecule has 3 aromatic rings. The average molecular weight is 263 g/mol. The fourth-order valence-corrected chi connectivity index (χ4v) is 2.67. The van der Waals surface area contributed by atoms with Gasteiger partial charge in [0.25, 0.3) is 0 Å². The first-order chi connectivity index (χ1) is 9.81. The minimum absolute atomic E-state index is 0.0418. The molecule has 0 radical (unpaired) electrons. The van der Waals surface area contributed by atoms with E-state index in [9.17, 15) is 4.79 Å². The highest BCUT2D eigenvalue weighted by Crippen LogP contribution is 2.34. The molecule has 0 aliphatic carbocycles. The van der Waals surface area contributed by atoms with E-state index in [2.05, 4.69) is 29.6 Å². The minimum atomic E-state index is -0.202. The maximum Gasteiger partial charge on any atom is 0.228 e. The van der Waals surface area contributed by atoms with Gasteiger partial charge in [-0.15, -0.1) is 0 Å². The molecule has 3 heteroatoms. The van der Waals surface area contributed by atoms with Gasteiger partial charge >= 0.3 is 0 Å². The molecule has 1 unspecified atom stereocenters. The second-order valence-corrected chi connectivity index (χ2v) is 5.02. The van der Waals surface area contributed by atoms with Crippen LogP contribution >= 0.6 is 0 Å². The van der Waals surface area contributed by atoms with E-state index in [1.54, 1.807) is 0 Å². The quantitative estimate of drug-likeness (QED) is 0.569. The Kier molecular flexibility index (Phi) is 2.39. The zero-order chi connectivity index (χ0) is 13.5. The smallest absolute Gasteiger partial charge is 0.228 e. The van der Waals surface area contributed by atoms with Crippen molar-refractivity contribution in [3.63, 3.8) is 0 Å². The molecule has 1 N–H and O–H groups in total. The molecule has 98 valence electrons. The lowest BCUT2D eigenvalue weighted by atomic mass is 10.0. The molecule has 1 atom stereocenters. The number of benzene rings is 3. The summed E-state index contributed by atoms with van der Waals surface area (Å²) in [6.45, 7) is 0. The molecule has 1 aliphatic heterocycles. The average Bonchev–Trinajstić information content (AvgIpc) is 2.46. The maximum absolute atomic E-state index is 11.0. The largest absolute Gasteiger partial charge is 0.469 e. The van der Waals surface area contributed by atoms with Crippen LogP contribution in [0.15, 0.2) is 54.6 Å². The Hall–Kier alpha value is -2.55. The first-order valence-corrected chi connectivity index (χ1v) is 6.68. The van der Waals surface area contributed by atoms with Crippen molar-refractivity contribution < 1.29 is 9.53 Å². The van der Waals surface area contributed by atoms with Crippen LogP contribution in [0.1, 0.15) is 6.42 Å². The van der Waals surface area contributed by atoms with Crippen molar-refractivity contribution in [2.24, 2.45) is 0 Å². The van der Waals surface area contributed by atoms with Gasteiger partial charge in [0.15, 0.2) is 6.23 Å². The zero-order valence-corrected chi connectivity index (χ0v) is 10.8. The van der Waals surface area contributed by atoms with E-state index < -0.39 is 0 Å². The third kappa shape index (κ3) is 1.71. The third-order valence-electron chi connectivity index (χ3n) is 3.69. The van der Waals surface area contributed by atoms with Crippen LogP contribution in [0.4, 0.5) is 0 Å². The second-order valence-electron chi connectivity index (χ2n) is 5.02. The van der Waals surface area contributed by atoms with E-state index in [0.717, 1.165) is 16.5 Å². The number of rotatable bonds is 2. The topological polar surface area (TPSA) is 38.3 Å². The Morgan fingerprint density at radius 2 is 1.60 bits per heavy atom. The summed E-state index contributed by atoms with van der Waals surface area (Å²) in [5, 5.41) is 7.35. The standard InChI is InChI=1S/C17H13NO2/c19-16-10-17(18-16)20-15-9-11-5-1-2-6-12(11)13-7-3-4-8-14(13)15/h1-9,17H,10H2,(H,18,19). The summed E-state index contributed by atoms with van der Waals surface area (Å²) < 4.78 is 5.91. The molecule has 3 aromatic carbocycles. The molecule has 3 nitrogen and oxygen atoms in total. The first kappa shape index (κ1) is 11.3. The van der Waals surface area contributed by atoms with E-state index in [0.29, 0.717) is 6.42 Å². The van der Waals surface area contributed by atoms with Crippen molar-refractivity contribution in [2.75, 3.05) is 0 Å². The third-order valence-corrected chi connectivity index (χ3v) is 3.69. The van der Waals surface area contributed by atoms with Crippen LogP contribution in [0.5, 0.6) is 5.75 Å². The summed E-state index contributed by atoms with van der Waals surface area (Å²) in [6, 6.07) is 18.5. The predicted octanol–water partition coefficient (Wildman–Crippen LogP) is 3.22. The van der Waals surface area contributed by atoms with Crippen LogP contribution in [-0.4, -0.2) is 12.1 Å². The lowest BCUT2D eigenvalue weighted by Crippen LogP contribution is -2.51. The van der Waals surface area contributed by atoms with E-state index in [1.807, 2.05) is 30.3 Å². The van der Waals surface area contributed by atoms with Crippen molar-refractivity contribution in [1.29, 1.82) is 0 Å². The van der Waals surface area contributed by atoms with Gasteiger partial charge in [0.1, 0.15) is 5.75 Å². The monoisotopic (exact) mass is 263 g/mol. The number of β-lactam (4-membered cyclic amide) rings is 1. The fourth-order valence-electron chi connectivity index (χ4n) is 2.67. The maximum atomic E-state index is 11.0. The molecule has 0 spiro atoms. The molecular formula is C17H13NO2. The highest BCUT2D eigenvalue weighted by molar-refractivity contribution is 6.10. The van der Waals surface area contributed by atoms with Gasteiger partial charge in [0, 0.05) is 5.39 Å². The Balaban J connectivity index is 1.91. The molecule has 1 fully saturated rings. The molecule has 4 rings (SSSR count). The Morgan fingerprint density at radius 1 is 0.950 bits per heavy atom. The number of fused-ring (bicyclic) bond motifs is 3. The second kappa shape index (κ2) is 4.23. The van der Waals surface area contributed by atoms with Crippen LogP contribution in [0.25, 0.3) is 21.5 Å². The van der Waals surface area contributed by atoms with Crippen LogP contribution < -0.4 is 10.1 Å². The number of hydrogen-bond acceptors (Lipinski definition) is 2. The Labute approximate surface area is 116 Å². The molecular weight excluding hydrogens is 250 g/mol. The van der Waals surface area contributed by atoms with Crippen molar-refractivity contribution in [1.82, 2.24) is 5.32 Å². The normalized spacial score (nSPS) is 17.8. The molecule has 1 saturated heterocycles. The molecule has 0 bridgehead atoms. The van der Waals surface area contributed by atoms with Crippen LogP contribution in [-0.2, 0) is 4.79 Å². The van der Waals surface area contributed by atoms with Gasteiger partial charge in [0.2, 0.25) is 5.91 Å². The summed E-state index contributed by atoms with van der Waals surface area (Å²) in [7, 11) is 0. The van der Waals surface area contributed by atoms with Gasteiger partial charge in [-0.3, -0.25) is 4.79 Å². The van der Waals surface area contributed by atoms with Crippen LogP contribution in [0, 0.1) is 0 Å². The minimum Gasteiger partial charge on any atom is -0.469 e. The van der Waals surface area contributed by atoms with E-state index in [1.165, 1.54) is 10.8 Å². The molecule has 20 heavy (non-hydrogen) atoms. The van der Waals surface area contributed by atoms with E-state index >= 15 is 0 Å². The van der Waals surface area contributed by atoms with E-state index in [4.69, 9.17) is 4.74 Å². The molecule has 1 heterocycles. The number of carbonyl (C=O) groups is 1. The number of amides is 1. The van der Waals surface area contributed by atoms with Gasteiger partial charge in [-0.2, -0.15) is 0 Å². The molecule has 0 aromatic heterocycles. The van der Waals surface area contributed by atoms with Gasteiger partial charge < -0.3 is 10.1 Å². The molecule has 1 amide bonds. The molecule has 1 aliphatic rings. The van der Waals surface area contributed by atoms with Crippen LogP contribution in [0.2, 0.25) is 0 Å². The molecule has 0 saturated carbocycles. The van der Waals surface area contributed by atoms with Crippen molar-refractivity contribution in [3.8, 4) is 5.75 Å². The highest BCUT2D eigenvalue weighted by Gasteiger charge is 2.27. The van der Waals surface area contributed by atoms with Crippen molar-refractivity contribution >= 4 is 27.5 Å². The Morgan fingerprint density at radius 3 is 2.35 bits per heavy atom. The first-order valence-electron chi connectivity index (χ1n) is 6.68. The summed E-state index contributed by atoms with van der Waals surface area (Å²) >= 11 is 0. The number of carbonyl (C=O) groups excluding carboxylic acids is 1. The number of ether oxygens (including phenoxy) is 1. The number of nitrogens with one attached hydrogen (secondary N) is 1. The summed E-state index contributed by atoms with van der Waals surface area (Å²) in [4.78, 5) is 11.0. The predicted molar refractivity (Wildman–Crippen MR) is 78.6 cm³/mol. The zero-order valence-electron chi connectivity index (χ0n) is 10.8. The van der Waals surface area contributed by atoms with Crippen molar-refractivity contribution in [2.45, 2.75) is 12.6 Å². The lowest BCUT2D eigenvalue weighted by Gasteiger charge is -2.28. The van der Waals surface area contributed by atoms with Gasteiger partial charge in [-0.25, -0.2) is 0 Å². The van der Waals surface area contributed by atoms with Gasteiger partial charge in [0.05, 0.1) is 6.42 Å². The van der Waals surface area contributed by atoms with Gasteiger partial charge in [-0.1, -0.05) is 48.5 Å². The van der Waals surface area contributed by atoms with Crippen molar-refractivity contribution in [3.05, 3.63) is 54.6 Å². The fraction of sp³-hybridized carbons (Fsp3) is 0.118. The van der Waals surface area contributed by atoms with Gasteiger partial charge in [-0.05, 0) is 22.2 Å². The number of hydrogen-bond donors (Lipinski definition) is 1. The Bertz CT molecular complexity index is 817. The lowest BCUT2D eigenvalue weighted by molar-refractivity contribution is -0.134.